The molecule has 0 aromatic rings. The molecular weight excluding hydrogens is 224 g/mol. The van der Waals surface area contributed by atoms with Gasteiger partial charge in [0.15, 0.2) is 0 Å². The molecule has 4 nitrogen and oxygen atoms in total. The molecule has 0 atom stereocenters. The molecule has 1 N–H and O–H groups in total. The molecule has 0 spiro atoms. The van der Waals surface area contributed by atoms with E-state index in [0.717, 1.165) is 13.1 Å². The van der Waals surface area contributed by atoms with Crippen LogP contribution in [0.2, 0.25) is 0 Å². The quantitative estimate of drug-likeness (QED) is 0.782. The lowest BCUT2D eigenvalue weighted by atomic mass is 10.0. The van der Waals surface area contributed by atoms with Crippen molar-refractivity contribution in [3.05, 3.63) is 0 Å². The van der Waals surface area contributed by atoms with E-state index in [-0.39, 0.29) is 0 Å². The van der Waals surface area contributed by atoms with E-state index >= 15 is 0 Å². The largest absolute Gasteiger partial charge is 0.314 e. The molecule has 2 saturated heterocycles. The van der Waals surface area contributed by atoms with Gasteiger partial charge in [0.05, 0.1) is 0 Å². The fourth-order valence-corrected chi connectivity index (χ4v) is 3.18. The van der Waals surface area contributed by atoms with Crippen LogP contribution in [-0.2, 0) is 0 Å². The third kappa shape index (κ3) is 3.92. The Labute approximate surface area is 112 Å². The molecular formula is C14H30N4. The summed E-state index contributed by atoms with van der Waals surface area (Å²) in [6, 6.07) is 0. The summed E-state index contributed by atoms with van der Waals surface area (Å²) in [5.74, 6) is 0. The molecule has 0 saturated carbocycles. The van der Waals surface area contributed by atoms with Crippen molar-refractivity contribution in [1.29, 1.82) is 0 Å². The maximum Gasteiger partial charge on any atom is 0.0281 e. The van der Waals surface area contributed by atoms with Gasteiger partial charge >= 0.3 is 0 Å². The average Bonchev–Trinajstić information content (AvgIpc) is 2.55. The van der Waals surface area contributed by atoms with E-state index in [4.69, 9.17) is 0 Å². The van der Waals surface area contributed by atoms with Crippen molar-refractivity contribution in [2.75, 3.05) is 66.0 Å². The van der Waals surface area contributed by atoms with E-state index in [0.29, 0.717) is 5.54 Å². The molecule has 0 aliphatic carbocycles. The average molecular weight is 254 g/mol. The van der Waals surface area contributed by atoms with Gasteiger partial charge in [-0.25, -0.2) is 0 Å². The molecule has 0 aromatic heterocycles. The van der Waals surface area contributed by atoms with Crippen LogP contribution in [0.1, 0.15) is 20.3 Å². The Morgan fingerprint density at radius 2 is 1.67 bits per heavy atom. The molecule has 2 heterocycles. The molecule has 0 aromatic carbocycles. The standard InChI is InChI=1S/C14H30N4/c1-14(2,18-9-5-15-6-10-18)13-17-8-4-7-16(3)11-12-17/h15H,4-13H2,1-3H3. The van der Waals surface area contributed by atoms with Crippen molar-refractivity contribution in [3.63, 3.8) is 0 Å². The third-order valence-electron chi connectivity index (χ3n) is 4.40. The minimum Gasteiger partial charge on any atom is -0.314 e. The molecule has 0 amide bonds. The van der Waals surface area contributed by atoms with Crippen LogP contribution in [0.5, 0.6) is 0 Å². The maximum absolute atomic E-state index is 3.44. The Morgan fingerprint density at radius 1 is 0.944 bits per heavy atom. The lowest BCUT2D eigenvalue weighted by molar-refractivity contribution is 0.0645. The van der Waals surface area contributed by atoms with Crippen molar-refractivity contribution in [1.82, 2.24) is 20.0 Å². The zero-order chi connectivity index (χ0) is 13.0. The first-order valence-corrected chi connectivity index (χ1v) is 7.45. The molecule has 18 heavy (non-hydrogen) atoms. The highest BCUT2D eigenvalue weighted by Gasteiger charge is 2.30. The van der Waals surface area contributed by atoms with Crippen molar-refractivity contribution in [2.45, 2.75) is 25.8 Å². The predicted octanol–water partition coefficient (Wildman–Crippen LogP) is 0.308. The van der Waals surface area contributed by atoms with Gasteiger partial charge in [0.25, 0.3) is 0 Å². The first kappa shape index (κ1) is 14.3. The van der Waals surface area contributed by atoms with Gasteiger partial charge in [0.2, 0.25) is 0 Å². The van der Waals surface area contributed by atoms with Gasteiger partial charge in [-0.2, -0.15) is 0 Å². The van der Waals surface area contributed by atoms with Crippen LogP contribution < -0.4 is 5.32 Å². The maximum atomic E-state index is 3.44. The van der Waals surface area contributed by atoms with Crippen molar-refractivity contribution in [2.24, 2.45) is 0 Å². The molecule has 0 bridgehead atoms. The van der Waals surface area contributed by atoms with Crippen molar-refractivity contribution < 1.29 is 0 Å². The fraction of sp³-hybridized carbons (Fsp3) is 1.00. The van der Waals surface area contributed by atoms with E-state index in [1.807, 2.05) is 0 Å². The highest BCUT2D eigenvalue weighted by atomic mass is 15.3. The van der Waals surface area contributed by atoms with E-state index < -0.39 is 0 Å². The molecule has 2 fully saturated rings. The zero-order valence-electron chi connectivity index (χ0n) is 12.4. The van der Waals surface area contributed by atoms with Gasteiger partial charge in [0.1, 0.15) is 0 Å². The normalized spacial score (nSPS) is 26.2. The van der Waals surface area contributed by atoms with Crippen molar-refractivity contribution >= 4 is 0 Å². The second-order valence-electron chi connectivity index (χ2n) is 6.48. The number of piperazine rings is 1. The number of nitrogens with one attached hydrogen (secondary N) is 1. The first-order valence-electron chi connectivity index (χ1n) is 7.45. The predicted molar refractivity (Wildman–Crippen MR) is 77.1 cm³/mol. The smallest absolute Gasteiger partial charge is 0.0281 e. The van der Waals surface area contributed by atoms with Crippen molar-refractivity contribution in [3.8, 4) is 0 Å². The van der Waals surface area contributed by atoms with E-state index in [2.05, 4.69) is 40.9 Å². The Balaban J connectivity index is 1.85. The SMILES string of the molecule is CN1CCCN(CC(C)(C)N2CCNCC2)CC1. The highest BCUT2D eigenvalue weighted by molar-refractivity contribution is 4.88. The molecule has 106 valence electrons. The van der Waals surface area contributed by atoms with Gasteiger partial charge in [0, 0.05) is 51.4 Å². The van der Waals surface area contributed by atoms with E-state index in [9.17, 15) is 0 Å². The van der Waals surface area contributed by atoms with Gasteiger partial charge in [-0.3, -0.25) is 4.90 Å². The summed E-state index contributed by atoms with van der Waals surface area (Å²) >= 11 is 0. The van der Waals surface area contributed by atoms with E-state index in [1.165, 1.54) is 52.2 Å². The lowest BCUT2D eigenvalue weighted by Gasteiger charge is -2.43. The summed E-state index contributed by atoms with van der Waals surface area (Å²) < 4.78 is 0. The van der Waals surface area contributed by atoms with Crippen LogP contribution in [-0.4, -0.2) is 86.2 Å². The van der Waals surface area contributed by atoms with Gasteiger partial charge in [-0.15, -0.1) is 0 Å². The molecule has 2 aliphatic heterocycles. The summed E-state index contributed by atoms with van der Waals surface area (Å²) in [6.45, 7) is 15.7. The fourth-order valence-electron chi connectivity index (χ4n) is 3.18. The number of hydrogen-bond donors (Lipinski definition) is 1. The molecule has 4 heteroatoms. The number of hydrogen-bond acceptors (Lipinski definition) is 4. The summed E-state index contributed by atoms with van der Waals surface area (Å²) in [4.78, 5) is 7.77. The monoisotopic (exact) mass is 254 g/mol. The number of rotatable bonds is 3. The Bertz CT molecular complexity index is 248. The van der Waals surface area contributed by atoms with Gasteiger partial charge in [-0.05, 0) is 40.4 Å². The second kappa shape index (κ2) is 6.33. The van der Waals surface area contributed by atoms with Crippen LogP contribution >= 0.6 is 0 Å². The van der Waals surface area contributed by atoms with Crippen LogP contribution in [0.3, 0.4) is 0 Å². The first-order chi connectivity index (χ1) is 8.58. The number of likely N-dealkylation sites (N-methyl/N-ethyl adjacent to an activating group) is 1. The highest BCUT2D eigenvalue weighted by Crippen LogP contribution is 2.17. The van der Waals surface area contributed by atoms with Gasteiger partial charge in [-0.1, -0.05) is 0 Å². The van der Waals surface area contributed by atoms with Crippen LogP contribution in [0, 0.1) is 0 Å². The minimum atomic E-state index is 0.311. The minimum absolute atomic E-state index is 0.311. The van der Waals surface area contributed by atoms with Crippen LogP contribution in [0.15, 0.2) is 0 Å². The molecule has 2 rings (SSSR count). The Morgan fingerprint density at radius 3 is 2.39 bits per heavy atom. The lowest BCUT2D eigenvalue weighted by Crippen LogP contribution is -2.57. The van der Waals surface area contributed by atoms with Crippen LogP contribution in [0.4, 0.5) is 0 Å². The zero-order valence-corrected chi connectivity index (χ0v) is 12.4. The molecule has 2 aliphatic rings. The summed E-state index contributed by atoms with van der Waals surface area (Å²) in [6.07, 6.45) is 1.31. The van der Waals surface area contributed by atoms with E-state index in [1.54, 1.807) is 0 Å². The molecule has 0 radical (unpaired) electrons. The Hall–Kier alpha value is -0.160. The van der Waals surface area contributed by atoms with Gasteiger partial charge < -0.3 is 15.1 Å². The topological polar surface area (TPSA) is 21.8 Å². The second-order valence-corrected chi connectivity index (χ2v) is 6.48. The number of nitrogens with zero attached hydrogens (tertiary/aromatic N) is 3. The third-order valence-corrected chi connectivity index (χ3v) is 4.40. The Kier molecular flexibility index (Phi) is 5.01. The van der Waals surface area contributed by atoms with Crippen LogP contribution in [0.25, 0.3) is 0 Å². The molecule has 0 unspecified atom stereocenters. The summed E-state index contributed by atoms with van der Waals surface area (Å²) in [5, 5.41) is 3.44. The summed E-state index contributed by atoms with van der Waals surface area (Å²) in [7, 11) is 2.24. The summed E-state index contributed by atoms with van der Waals surface area (Å²) in [5.41, 5.74) is 0.311.